The molecule has 2 aliphatic heterocycles. The van der Waals surface area contributed by atoms with E-state index in [2.05, 4.69) is 24.8 Å². The zero-order valence-electron chi connectivity index (χ0n) is 30.9. The number of H-pyrrole nitrogens is 3. The fraction of sp³-hybridized carbons (Fsp3) is 0.233. The van der Waals surface area contributed by atoms with Crippen molar-refractivity contribution < 1.29 is 24.4 Å². The molecule has 13 nitrogen and oxygen atoms in total. The van der Waals surface area contributed by atoms with Gasteiger partial charge in [0.25, 0.3) is 0 Å². The molecule has 14 heteroatoms. The van der Waals surface area contributed by atoms with Gasteiger partial charge in [-0.3, -0.25) is 19.3 Å². The molecule has 9 rings (SSSR count). The lowest BCUT2D eigenvalue weighted by Gasteiger charge is -2.36. The number of aliphatic hydroxyl groups is 1. The minimum absolute atomic E-state index is 0.0902. The topological polar surface area (TPSA) is 177 Å². The number of nitrogens with zero attached hydrogens (tertiary/aromatic N) is 2. The monoisotopic (exact) mass is 791 g/mol. The number of phenols is 1. The molecule has 294 valence electrons. The van der Waals surface area contributed by atoms with Crippen molar-refractivity contribution in [1.82, 2.24) is 19.9 Å². The van der Waals surface area contributed by atoms with E-state index >= 15 is 0 Å². The second kappa shape index (κ2) is 18.2. The van der Waals surface area contributed by atoms with Crippen molar-refractivity contribution in [3.8, 4) is 17.2 Å². The Morgan fingerprint density at radius 3 is 1.72 bits per heavy atom. The number of aromatic amines is 3. The van der Waals surface area contributed by atoms with Crippen LogP contribution in [-0.2, 0) is 4.74 Å². The average Bonchev–Trinajstić information content (AvgIpc) is 4.05. The molecule has 57 heavy (non-hydrogen) atoms. The first-order valence-corrected chi connectivity index (χ1v) is 18.9. The normalized spacial score (nSPS) is 15.6. The number of hydrogen-bond acceptors (Lipinski definition) is 10. The van der Waals surface area contributed by atoms with Crippen LogP contribution in [0.2, 0.25) is 5.02 Å². The number of hydrogen-bond donors (Lipinski definition) is 5. The maximum absolute atomic E-state index is 11.4. The molecule has 5 heterocycles. The number of rotatable bonds is 9. The lowest BCUT2D eigenvalue weighted by Crippen LogP contribution is -2.49. The molecule has 0 spiro atoms. The summed E-state index contributed by atoms with van der Waals surface area (Å²) in [5, 5.41) is 22.9. The molecule has 0 amide bonds. The summed E-state index contributed by atoms with van der Waals surface area (Å²) in [4.78, 5) is 46.1. The molecule has 2 saturated heterocycles. The van der Waals surface area contributed by atoms with Crippen LogP contribution in [0.15, 0.2) is 130 Å². The van der Waals surface area contributed by atoms with Gasteiger partial charge in [0.15, 0.2) is 0 Å². The van der Waals surface area contributed by atoms with Gasteiger partial charge in [-0.1, -0.05) is 11.6 Å². The van der Waals surface area contributed by atoms with Gasteiger partial charge in [-0.15, -0.1) is 0 Å². The summed E-state index contributed by atoms with van der Waals surface area (Å²) in [6.07, 6.45) is -0.311. The first-order valence-electron chi connectivity index (χ1n) is 18.5. The molecular weight excluding hydrogens is 750 g/mol. The number of aromatic hydroxyl groups is 1. The van der Waals surface area contributed by atoms with Crippen LogP contribution in [0.5, 0.6) is 17.2 Å². The second-order valence-corrected chi connectivity index (χ2v) is 14.2. The van der Waals surface area contributed by atoms with Crippen molar-refractivity contribution in [2.24, 2.45) is 0 Å². The Kier molecular flexibility index (Phi) is 12.5. The minimum Gasteiger partial charge on any atom is -0.508 e. The Balaban J connectivity index is 0.000000147. The molecule has 0 bridgehead atoms. The predicted octanol–water partition coefficient (Wildman–Crippen LogP) is 5.28. The number of pyridine rings is 3. The number of piperazine rings is 1. The van der Waals surface area contributed by atoms with E-state index in [9.17, 15) is 19.5 Å². The van der Waals surface area contributed by atoms with E-state index in [4.69, 9.17) is 30.9 Å². The van der Waals surface area contributed by atoms with Crippen LogP contribution >= 0.6 is 11.6 Å². The Labute approximate surface area is 331 Å². The van der Waals surface area contributed by atoms with Crippen LogP contribution in [-0.4, -0.2) is 94.8 Å². The maximum atomic E-state index is 11.4. The molecule has 7 aromatic rings. The molecule has 2 aliphatic rings. The van der Waals surface area contributed by atoms with Gasteiger partial charge in [-0.2, -0.15) is 0 Å². The lowest BCUT2D eigenvalue weighted by atomic mass is 10.2. The highest BCUT2D eigenvalue weighted by molar-refractivity contribution is 6.30. The zero-order valence-corrected chi connectivity index (χ0v) is 31.7. The molecule has 0 aliphatic carbocycles. The van der Waals surface area contributed by atoms with Crippen LogP contribution in [0, 0.1) is 0 Å². The van der Waals surface area contributed by atoms with Crippen LogP contribution in [0.1, 0.15) is 0 Å². The van der Waals surface area contributed by atoms with Gasteiger partial charge in [-0.05, 0) is 97.1 Å². The highest BCUT2D eigenvalue weighted by atomic mass is 35.5. The molecule has 3 aromatic heterocycles. The first kappa shape index (κ1) is 39.1. The van der Waals surface area contributed by atoms with Gasteiger partial charge in [0.1, 0.15) is 42.7 Å². The van der Waals surface area contributed by atoms with Crippen molar-refractivity contribution in [1.29, 1.82) is 0 Å². The molecule has 4 aromatic carbocycles. The first-order chi connectivity index (χ1) is 27.6. The van der Waals surface area contributed by atoms with Gasteiger partial charge in [-0.25, -0.2) is 0 Å². The lowest BCUT2D eigenvalue weighted by molar-refractivity contribution is 0.0663. The Morgan fingerprint density at radius 1 is 0.667 bits per heavy atom. The number of nitrogens with one attached hydrogen (secondary N) is 3. The van der Waals surface area contributed by atoms with E-state index in [0.717, 1.165) is 76.3 Å². The van der Waals surface area contributed by atoms with Crippen LogP contribution in [0.4, 0.5) is 5.69 Å². The van der Waals surface area contributed by atoms with Crippen LogP contribution in [0.3, 0.4) is 0 Å². The standard InChI is InChI=1S/C22H24ClN3O3.C12H11NO3.C9H7NO2/c23-17-2-4-18(5-3-17)26-11-9-25(10-12-26)14-19(27)15-29-20-6-7-21-16(13-20)1-8-22(28)24-21;14-12-4-1-8-5-9(2-3-11(8)13-12)15-6-10-7-16-10;11-7-2-3-8-6(5-7)1-4-9(12)10-8/h1-8,13,19,27H,9-12,14-15H2,(H,24,28);1-5,10H,6-7H2,(H,13,14);1-5,11H,(H,10,12)/t19-;10-;/m01./s1. The van der Waals surface area contributed by atoms with Crippen molar-refractivity contribution >= 4 is 50.0 Å². The van der Waals surface area contributed by atoms with Crippen LogP contribution in [0.25, 0.3) is 32.7 Å². The van der Waals surface area contributed by atoms with Crippen molar-refractivity contribution in [3.63, 3.8) is 0 Å². The van der Waals surface area contributed by atoms with E-state index in [1.54, 1.807) is 36.4 Å². The molecule has 2 atom stereocenters. The molecule has 0 unspecified atom stereocenters. The summed E-state index contributed by atoms with van der Waals surface area (Å²) >= 11 is 5.96. The number of epoxide rings is 1. The second-order valence-electron chi connectivity index (χ2n) is 13.7. The van der Waals surface area contributed by atoms with E-state index in [0.29, 0.717) is 18.9 Å². The summed E-state index contributed by atoms with van der Waals surface area (Å²) in [5.74, 6) is 1.68. The number of ether oxygens (including phenoxy) is 3. The molecular formula is C43H42ClN5O8. The van der Waals surface area contributed by atoms with Crippen molar-refractivity contribution in [2.75, 3.05) is 57.4 Å². The third kappa shape index (κ3) is 11.2. The summed E-state index contributed by atoms with van der Waals surface area (Å²) < 4.78 is 16.4. The number of benzene rings is 4. The summed E-state index contributed by atoms with van der Waals surface area (Å²) in [6, 6.07) is 33.5. The van der Waals surface area contributed by atoms with Gasteiger partial charge < -0.3 is 44.3 Å². The Hall–Kier alpha value is -6.12. The Morgan fingerprint density at radius 2 is 1.18 bits per heavy atom. The minimum atomic E-state index is -0.566. The molecule has 0 saturated carbocycles. The fourth-order valence-electron chi connectivity index (χ4n) is 6.32. The molecule has 2 fully saturated rings. The zero-order chi connectivity index (χ0) is 39.7. The molecule has 0 radical (unpaired) electrons. The number of β-amino-alcohol motifs (C(OH)–C–C–N with tert-alkyl or cyclic N) is 1. The number of fused-ring (bicyclic) bond motifs is 3. The number of halogens is 1. The van der Waals surface area contributed by atoms with Crippen molar-refractivity contribution in [2.45, 2.75) is 12.2 Å². The predicted molar refractivity (Wildman–Crippen MR) is 222 cm³/mol. The van der Waals surface area contributed by atoms with Crippen LogP contribution < -0.4 is 31.1 Å². The highest BCUT2D eigenvalue weighted by Crippen LogP contribution is 2.22. The van der Waals surface area contributed by atoms with E-state index in [1.807, 2.05) is 54.6 Å². The van der Waals surface area contributed by atoms with E-state index in [1.165, 1.54) is 30.0 Å². The third-order valence-corrected chi connectivity index (χ3v) is 9.66. The molecule has 5 N–H and O–H groups in total. The summed E-state index contributed by atoms with van der Waals surface area (Å²) in [7, 11) is 0. The maximum Gasteiger partial charge on any atom is 0.248 e. The quantitative estimate of drug-likeness (QED) is 0.121. The number of aliphatic hydroxyl groups excluding tert-OH is 1. The average molecular weight is 792 g/mol. The number of aromatic nitrogens is 3. The summed E-state index contributed by atoms with van der Waals surface area (Å²) in [6.45, 7) is 5.81. The third-order valence-electron chi connectivity index (χ3n) is 9.41. The van der Waals surface area contributed by atoms with Crippen molar-refractivity contribution in [3.05, 3.63) is 151 Å². The number of anilines is 1. The number of phenolic OH excluding ortho intramolecular Hbond substituents is 1. The van der Waals surface area contributed by atoms with Gasteiger partial charge in [0.2, 0.25) is 16.7 Å². The SMILES string of the molecule is O=c1ccc2cc(O)ccc2[nH]1.O=c1ccc2cc(OC[C@@H](O)CN3CCN(c4ccc(Cl)cc4)CC3)ccc2[nH]1.O=c1ccc2cc(OC[C@@H]3CO3)ccc2[nH]1. The van der Waals surface area contributed by atoms with Gasteiger partial charge >= 0.3 is 0 Å². The van der Waals surface area contributed by atoms with Gasteiger partial charge in [0.05, 0.1) is 6.61 Å². The summed E-state index contributed by atoms with van der Waals surface area (Å²) in [5.41, 5.74) is 3.15. The highest BCUT2D eigenvalue weighted by Gasteiger charge is 2.23. The van der Waals surface area contributed by atoms with Gasteiger partial charge in [0, 0.05) is 94.3 Å². The largest absolute Gasteiger partial charge is 0.508 e. The van der Waals surface area contributed by atoms with E-state index in [-0.39, 0.29) is 35.1 Å². The van der Waals surface area contributed by atoms with E-state index < -0.39 is 6.10 Å². The smallest absolute Gasteiger partial charge is 0.248 e. The fourth-order valence-corrected chi connectivity index (χ4v) is 6.45. The Bertz CT molecular complexity index is 2620.